The smallest absolute Gasteiger partial charge is 0.223 e. The summed E-state index contributed by atoms with van der Waals surface area (Å²) in [6.45, 7) is 0.139. The van der Waals surface area contributed by atoms with Crippen LogP contribution in [0.15, 0.2) is 0 Å². The number of sulfonamides is 1. The summed E-state index contributed by atoms with van der Waals surface area (Å²) in [5.74, 6) is 2.75. The predicted molar refractivity (Wildman–Crippen MR) is 71.5 cm³/mol. The number of carbonyl (C=O) groups is 1. The van der Waals surface area contributed by atoms with E-state index in [1.165, 1.54) is 32.1 Å². The fourth-order valence-electron chi connectivity index (χ4n) is 4.79. The van der Waals surface area contributed by atoms with E-state index in [1.807, 2.05) is 0 Å². The van der Waals surface area contributed by atoms with Gasteiger partial charge in [-0.2, -0.15) is 0 Å². The van der Waals surface area contributed by atoms with Gasteiger partial charge in [0.15, 0.2) is 0 Å². The molecule has 19 heavy (non-hydrogen) atoms. The van der Waals surface area contributed by atoms with Gasteiger partial charge in [-0.05, 0) is 55.8 Å². The minimum Gasteiger partial charge on any atom is -0.355 e. The average molecular weight is 286 g/mol. The number of rotatable bonds is 4. The van der Waals surface area contributed by atoms with E-state index in [0.717, 1.165) is 11.8 Å². The van der Waals surface area contributed by atoms with Crippen LogP contribution in [0.1, 0.15) is 32.1 Å². The van der Waals surface area contributed by atoms with Crippen LogP contribution < -0.4 is 10.5 Å². The van der Waals surface area contributed by atoms with Gasteiger partial charge in [0.1, 0.15) is 0 Å². The lowest BCUT2D eigenvalue weighted by Crippen LogP contribution is -2.51. The van der Waals surface area contributed by atoms with Gasteiger partial charge in [-0.3, -0.25) is 4.79 Å². The Morgan fingerprint density at radius 3 is 2.05 bits per heavy atom. The zero-order valence-corrected chi connectivity index (χ0v) is 11.9. The van der Waals surface area contributed by atoms with Gasteiger partial charge in [-0.1, -0.05) is 0 Å². The molecular formula is C13H22N2O3S. The number of nitrogens with two attached hydrogens (primary N) is 1. The molecule has 4 aliphatic rings. The van der Waals surface area contributed by atoms with Crippen molar-refractivity contribution in [1.29, 1.82) is 0 Å². The molecule has 0 aliphatic heterocycles. The Morgan fingerprint density at radius 1 is 1.05 bits per heavy atom. The Balaban J connectivity index is 1.58. The van der Waals surface area contributed by atoms with Crippen molar-refractivity contribution in [2.24, 2.45) is 34.7 Å². The quantitative estimate of drug-likeness (QED) is 0.787. The maximum Gasteiger partial charge on any atom is 0.223 e. The van der Waals surface area contributed by atoms with Gasteiger partial charge >= 0.3 is 0 Å². The summed E-state index contributed by atoms with van der Waals surface area (Å²) < 4.78 is 21.7. The fraction of sp³-hybridized carbons (Fsp3) is 0.923. The summed E-state index contributed by atoms with van der Waals surface area (Å²) in [6.07, 6.45) is 6.15. The van der Waals surface area contributed by atoms with Crippen LogP contribution in [0.2, 0.25) is 0 Å². The van der Waals surface area contributed by atoms with E-state index in [0.29, 0.717) is 11.8 Å². The fourth-order valence-corrected chi connectivity index (χ4v) is 5.17. The molecule has 0 aromatic heterocycles. The second-order valence-corrected chi connectivity index (χ2v) is 8.35. The van der Waals surface area contributed by atoms with E-state index in [9.17, 15) is 13.2 Å². The summed E-state index contributed by atoms with van der Waals surface area (Å²) in [4.78, 5) is 12.3. The molecule has 4 aliphatic carbocycles. The SMILES string of the molecule is NS(=O)(=O)CCNC(=O)C1C2CC3CC(C2)CC1C3. The van der Waals surface area contributed by atoms with Crippen molar-refractivity contribution in [1.82, 2.24) is 5.32 Å². The summed E-state index contributed by atoms with van der Waals surface area (Å²) in [5, 5.41) is 7.71. The van der Waals surface area contributed by atoms with E-state index in [4.69, 9.17) is 5.14 Å². The van der Waals surface area contributed by atoms with Gasteiger partial charge < -0.3 is 5.32 Å². The first-order chi connectivity index (χ1) is 8.92. The van der Waals surface area contributed by atoms with Crippen LogP contribution in [0, 0.1) is 29.6 Å². The minimum absolute atomic E-state index is 0.0532. The standard InChI is InChI=1S/C13H22N2O3S/c14-19(17,18)2-1-15-13(16)12-10-4-8-3-9(6-10)7-11(12)5-8/h8-12H,1-7H2,(H,15,16)(H2,14,17,18). The second-order valence-electron chi connectivity index (χ2n) is 6.61. The minimum atomic E-state index is -3.49. The van der Waals surface area contributed by atoms with Crippen molar-refractivity contribution >= 4 is 15.9 Å². The Hall–Kier alpha value is -0.620. The van der Waals surface area contributed by atoms with Crippen molar-refractivity contribution in [3.05, 3.63) is 0 Å². The second kappa shape index (κ2) is 4.74. The Bertz CT molecular complexity index is 446. The predicted octanol–water partition coefficient (Wildman–Crippen LogP) is 0.463. The molecule has 0 spiro atoms. The Labute approximate surface area is 114 Å². The molecule has 4 bridgehead atoms. The summed E-state index contributed by atoms with van der Waals surface area (Å²) in [5.41, 5.74) is 0. The molecule has 0 aromatic carbocycles. The highest BCUT2D eigenvalue weighted by atomic mass is 32.2. The summed E-state index contributed by atoms with van der Waals surface area (Å²) >= 11 is 0. The van der Waals surface area contributed by atoms with Gasteiger partial charge in [0.05, 0.1) is 5.75 Å². The highest BCUT2D eigenvalue weighted by molar-refractivity contribution is 7.89. The highest BCUT2D eigenvalue weighted by Crippen LogP contribution is 2.56. The van der Waals surface area contributed by atoms with E-state index >= 15 is 0 Å². The van der Waals surface area contributed by atoms with Gasteiger partial charge in [-0.25, -0.2) is 13.6 Å². The first-order valence-corrected chi connectivity index (χ1v) is 8.92. The third kappa shape index (κ3) is 2.79. The van der Waals surface area contributed by atoms with Gasteiger partial charge in [0.2, 0.25) is 15.9 Å². The zero-order chi connectivity index (χ0) is 13.6. The van der Waals surface area contributed by atoms with Gasteiger partial charge in [0.25, 0.3) is 0 Å². The molecule has 3 N–H and O–H groups in total. The van der Waals surface area contributed by atoms with Crippen LogP contribution in [0.3, 0.4) is 0 Å². The molecule has 0 radical (unpaired) electrons. The maximum absolute atomic E-state index is 12.3. The van der Waals surface area contributed by atoms with E-state index in [-0.39, 0.29) is 24.1 Å². The van der Waals surface area contributed by atoms with Crippen LogP contribution in [-0.2, 0) is 14.8 Å². The van der Waals surface area contributed by atoms with Crippen molar-refractivity contribution < 1.29 is 13.2 Å². The number of carbonyl (C=O) groups excluding carboxylic acids is 1. The molecule has 6 heteroatoms. The van der Waals surface area contributed by atoms with Gasteiger partial charge in [-0.15, -0.1) is 0 Å². The molecule has 0 heterocycles. The number of amides is 1. The highest BCUT2D eigenvalue weighted by Gasteiger charge is 2.50. The van der Waals surface area contributed by atoms with Crippen LogP contribution in [0.25, 0.3) is 0 Å². The first kappa shape index (κ1) is 13.4. The van der Waals surface area contributed by atoms with Crippen molar-refractivity contribution in [3.63, 3.8) is 0 Å². The molecule has 0 aromatic rings. The molecule has 0 saturated heterocycles. The first-order valence-electron chi connectivity index (χ1n) is 7.20. The van der Waals surface area contributed by atoms with Crippen molar-refractivity contribution in [2.45, 2.75) is 32.1 Å². The van der Waals surface area contributed by atoms with Gasteiger partial charge in [0, 0.05) is 12.5 Å². The number of hydrogen-bond donors (Lipinski definition) is 2. The topological polar surface area (TPSA) is 89.3 Å². The molecule has 4 fully saturated rings. The Morgan fingerprint density at radius 2 is 1.58 bits per heavy atom. The van der Waals surface area contributed by atoms with E-state index in [1.54, 1.807) is 0 Å². The molecular weight excluding hydrogens is 264 g/mol. The van der Waals surface area contributed by atoms with E-state index in [2.05, 4.69) is 5.32 Å². The molecule has 0 atom stereocenters. The van der Waals surface area contributed by atoms with Crippen LogP contribution in [-0.4, -0.2) is 26.6 Å². The monoisotopic (exact) mass is 286 g/mol. The molecule has 4 saturated carbocycles. The number of primary sulfonamides is 1. The zero-order valence-electron chi connectivity index (χ0n) is 11.0. The van der Waals surface area contributed by atoms with E-state index < -0.39 is 10.0 Å². The molecule has 4 rings (SSSR count). The normalized spacial score (nSPS) is 40.4. The summed E-state index contributed by atoms with van der Waals surface area (Å²) in [6, 6.07) is 0. The molecule has 0 unspecified atom stereocenters. The number of hydrogen-bond acceptors (Lipinski definition) is 3. The maximum atomic E-state index is 12.3. The molecule has 1 amide bonds. The lowest BCUT2D eigenvalue weighted by molar-refractivity contribution is -0.137. The number of nitrogens with one attached hydrogen (secondary N) is 1. The lowest BCUT2D eigenvalue weighted by atomic mass is 9.51. The lowest BCUT2D eigenvalue weighted by Gasteiger charge is -2.53. The van der Waals surface area contributed by atoms with Crippen LogP contribution >= 0.6 is 0 Å². The largest absolute Gasteiger partial charge is 0.355 e. The third-order valence-electron chi connectivity index (χ3n) is 5.22. The summed E-state index contributed by atoms with van der Waals surface area (Å²) in [7, 11) is -3.49. The van der Waals surface area contributed by atoms with Crippen LogP contribution in [0.5, 0.6) is 0 Å². The van der Waals surface area contributed by atoms with Crippen molar-refractivity contribution in [2.75, 3.05) is 12.3 Å². The third-order valence-corrected chi connectivity index (χ3v) is 5.99. The molecule has 5 nitrogen and oxygen atoms in total. The average Bonchev–Trinajstić information content (AvgIpc) is 2.25. The molecule has 108 valence electrons. The Kier molecular flexibility index (Phi) is 3.33. The van der Waals surface area contributed by atoms with Crippen molar-refractivity contribution in [3.8, 4) is 0 Å². The van der Waals surface area contributed by atoms with Crippen LogP contribution in [0.4, 0.5) is 0 Å².